The molecule has 5 rings (SSSR count). The number of Topliss-reactive ketones (excluding diaryl/α,β-unsaturated/α-hetero) is 1. The predicted octanol–water partition coefficient (Wildman–Crippen LogP) is 4.10. The molecule has 1 heterocycles. The second-order valence-corrected chi connectivity index (χ2v) is 10.7. The molecule has 1 saturated heterocycles. The molecule has 0 unspecified atom stereocenters. The molecule has 5 fully saturated rings. The minimum absolute atomic E-state index is 0.0624. The van der Waals surface area contributed by atoms with Crippen molar-refractivity contribution in [2.75, 3.05) is 5.33 Å². The van der Waals surface area contributed by atoms with Crippen LogP contribution >= 0.6 is 15.9 Å². The molecule has 4 aliphatic carbocycles. The Morgan fingerprint density at radius 1 is 1.16 bits per heavy atom. The Bertz CT molecular complexity index is 604. The number of ether oxygens (including phenoxy) is 1. The van der Waals surface area contributed by atoms with E-state index in [4.69, 9.17) is 4.74 Å². The number of ketones is 1. The van der Waals surface area contributed by atoms with E-state index in [1.807, 2.05) is 0 Å². The number of carbonyl (C=O) groups is 1. The topological polar surface area (TPSA) is 49.8 Å². The third-order valence-corrected chi connectivity index (χ3v) is 9.86. The summed E-state index contributed by atoms with van der Waals surface area (Å²) in [5, 5.41) is 11.8. The highest BCUT2D eigenvalue weighted by Gasteiger charge is 2.74. The molecule has 1 N–H and O–H groups in total. The zero-order valence-electron chi connectivity index (χ0n) is 15.5. The molecular weight excluding hydrogens is 380 g/mol. The van der Waals surface area contributed by atoms with E-state index in [0.29, 0.717) is 47.0 Å². The van der Waals surface area contributed by atoms with Crippen LogP contribution in [0.4, 0.5) is 0 Å². The fourth-order valence-electron chi connectivity index (χ4n) is 8.45. The van der Waals surface area contributed by atoms with Crippen LogP contribution in [0.15, 0.2) is 0 Å². The first-order valence-electron chi connectivity index (χ1n) is 10.3. The minimum atomic E-state index is -0.604. The maximum Gasteiger partial charge on any atom is 0.150 e. The van der Waals surface area contributed by atoms with Gasteiger partial charge in [-0.05, 0) is 81.0 Å². The van der Waals surface area contributed by atoms with Crippen molar-refractivity contribution in [1.82, 2.24) is 0 Å². The van der Waals surface area contributed by atoms with Gasteiger partial charge < -0.3 is 9.84 Å². The predicted molar refractivity (Wildman–Crippen MR) is 99.5 cm³/mol. The lowest BCUT2D eigenvalue weighted by atomic mass is 9.39. The average Bonchev–Trinajstić information content (AvgIpc) is 3.25. The Morgan fingerprint density at radius 2 is 1.92 bits per heavy atom. The van der Waals surface area contributed by atoms with Gasteiger partial charge >= 0.3 is 0 Å². The first-order valence-corrected chi connectivity index (χ1v) is 11.4. The van der Waals surface area contributed by atoms with Gasteiger partial charge in [0, 0.05) is 5.41 Å². The summed E-state index contributed by atoms with van der Waals surface area (Å²) in [7, 11) is 0. The van der Waals surface area contributed by atoms with E-state index in [-0.39, 0.29) is 10.8 Å². The first kappa shape index (κ1) is 17.2. The quantitative estimate of drug-likeness (QED) is 0.550. The van der Waals surface area contributed by atoms with Crippen LogP contribution in [0, 0.1) is 34.5 Å². The number of rotatable bonds is 2. The zero-order valence-corrected chi connectivity index (χ0v) is 17.1. The van der Waals surface area contributed by atoms with Crippen molar-refractivity contribution in [3.63, 3.8) is 0 Å². The normalized spacial score (nSPS) is 59.4. The van der Waals surface area contributed by atoms with Crippen LogP contribution in [-0.2, 0) is 9.53 Å². The number of fused-ring (bicyclic) bond motifs is 7. The summed E-state index contributed by atoms with van der Waals surface area (Å²) in [5.74, 6) is 2.21. The smallest absolute Gasteiger partial charge is 0.150 e. The SMILES string of the molecule is C[C@]12C[C@H]3O[C@@H]3[C@H]1CC[C@@H]1[C@H]3[C@@H](CCC[C@@]3(C)O)CC[C@]12C(=O)CBr. The molecule has 1 aliphatic heterocycles. The average molecular weight is 411 g/mol. The van der Waals surface area contributed by atoms with Gasteiger partial charge in [0.2, 0.25) is 0 Å². The summed E-state index contributed by atoms with van der Waals surface area (Å²) in [5.41, 5.74) is -0.793. The van der Waals surface area contributed by atoms with Crippen molar-refractivity contribution in [3.8, 4) is 0 Å². The van der Waals surface area contributed by atoms with Crippen LogP contribution in [0.1, 0.15) is 65.2 Å². The third kappa shape index (κ3) is 2.03. The molecule has 4 saturated carbocycles. The van der Waals surface area contributed by atoms with E-state index in [9.17, 15) is 9.90 Å². The molecule has 9 atom stereocenters. The van der Waals surface area contributed by atoms with E-state index < -0.39 is 5.60 Å². The summed E-state index contributed by atoms with van der Waals surface area (Å²) in [6.07, 6.45) is 9.58. The minimum Gasteiger partial charge on any atom is -0.390 e. The Kier molecular flexibility index (Phi) is 3.66. The van der Waals surface area contributed by atoms with Crippen molar-refractivity contribution in [1.29, 1.82) is 0 Å². The highest BCUT2D eigenvalue weighted by atomic mass is 79.9. The maximum atomic E-state index is 13.5. The Labute approximate surface area is 159 Å². The number of epoxide rings is 1. The van der Waals surface area contributed by atoms with Gasteiger partial charge in [-0.2, -0.15) is 0 Å². The number of carbonyl (C=O) groups excluding carboxylic acids is 1. The van der Waals surface area contributed by atoms with Gasteiger partial charge in [-0.15, -0.1) is 0 Å². The molecule has 0 amide bonds. The summed E-state index contributed by atoms with van der Waals surface area (Å²) in [6, 6.07) is 0. The van der Waals surface area contributed by atoms with E-state index in [0.717, 1.165) is 38.5 Å². The first-order chi connectivity index (χ1) is 11.8. The lowest BCUT2D eigenvalue weighted by Crippen LogP contribution is -2.65. The molecular formula is C21H31BrO3. The zero-order chi connectivity index (χ0) is 17.6. The number of alkyl halides is 1. The second-order valence-electron chi connectivity index (χ2n) is 10.2. The summed E-state index contributed by atoms with van der Waals surface area (Å²) in [4.78, 5) is 13.5. The van der Waals surface area contributed by atoms with Gasteiger partial charge in [-0.1, -0.05) is 29.3 Å². The molecule has 25 heavy (non-hydrogen) atoms. The van der Waals surface area contributed by atoms with Gasteiger partial charge in [0.15, 0.2) is 0 Å². The second kappa shape index (κ2) is 5.32. The largest absolute Gasteiger partial charge is 0.390 e. The maximum absolute atomic E-state index is 13.5. The van der Waals surface area contributed by atoms with E-state index in [1.165, 1.54) is 12.8 Å². The molecule has 3 nitrogen and oxygen atoms in total. The Balaban J connectivity index is 1.62. The van der Waals surface area contributed by atoms with E-state index >= 15 is 0 Å². The molecule has 0 aromatic carbocycles. The molecule has 0 aromatic rings. The fraction of sp³-hybridized carbons (Fsp3) is 0.952. The van der Waals surface area contributed by atoms with E-state index in [1.54, 1.807) is 0 Å². The van der Waals surface area contributed by atoms with Crippen molar-refractivity contribution in [2.24, 2.45) is 34.5 Å². The lowest BCUT2D eigenvalue weighted by molar-refractivity contribution is -0.206. The van der Waals surface area contributed by atoms with Crippen LogP contribution in [-0.4, -0.2) is 34.0 Å². The summed E-state index contributed by atoms with van der Waals surface area (Å²) >= 11 is 3.53. The van der Waals surface area contributed by atoms with Crippen LogP contribution in [0.5, 0.6) is 0 Å². The van der Waals surface area contributed by atoms with Crippen LogP contribution < -0.4 is 0 Å². The summed E-state index contributed by atoms with van der Waals surface area (Å²) < 4.78 is 5.90. The molecule has 4 heteroatoms. The van der Waals surface area contributed by atoms with Crippen molar-refractivity contribution >= 4 is 21.7 Å². The molecule has 0 spiro atoms. The molecule has 0 aromatic heterocycles. The van der Waals surface area contributed by atoms with Gasteiger partial charge in [-0.3, -0.25) is 4.79 Å². The number of halogens is 1. The van der Waals surface area contributed by atoms with Crippen molar-refractivity contribution < 1.29 is 14.6 Å². The Hall–Kier alpha value is 0.0700. The molecule has 5 aliphatic rings. The van der Waals surface area contributed by atoms with E-state index in [2.05, 4.69) is 29.8 Å². The van der Waals surface area contributed by atoms with Gasteiger partial charge in [0.25, 0.3) is 0 Å². The third-order valence-electron chi connectivity index (χ3n) is 9.35. The number of hydrogen-bond acceptors (Lipinski definition) is 3. The molecule has 0 bridgehead atoms. The highest BCUT2D eigenvalue weighted by molar-refractivity contribution is 9.09. The number of aliphatic hydroxyl groups is 1. The molecule has 0 radical (unpaired) electrons. The highest BCUT2D eigenvalue weighted by Crippen LogP contribution is 2.74. The van der Waals surface area contributed by atoms with Crippen LogP contribution in [0.3, 0.4) is 0 Å². The number of hydrogen-bond donors (Lipinski definition) is 1. The van der Waals surface area contributed by atoms with Crippen molar-refractivity contribution in [2.45, 2.75) is 83.0 Å². The summed E-state index contributed by atoms with van der Waals surface area (Å²) in [6.45, 7) is 4.46. The van der Waals surface area contributed by atoms with Gasteiger partial charge in [-0.25, -0.2) is 0 Å². The lowest BCUT2D eigenvalue weighted by Gasteiger charge is -2.65. The molecule has 140 valence electrons. The fourth-order valence-corrected chi connectivity index (χ4v) is 8.95. The standard InChI is InChI=1S/C21H31BrO3/c1-19-10-15-18(25-15)14(19)6-5-13-17-12(4-3-8-20(17,2)24)7-9-21(13,19)16(23)11-22/h12-15,17-18,24H,3-11H2,1-2H3/t12-,13+,14+,15+,17+,18+,19-,20+,21+/m0/s1. The monoisotopic (exact) mass is 410 g/mol. The van der Waals surface area contributed by atoms with Crippen molar-refractivity contribution in [3.05, 3.63) is 0 Å². The van der Waals surface area contributed by atoms with Gasteiger partial charge in [0.1, 0.15) is 5.78 Å². The van der Waals surface area contributed by atoms with Crippen LogP contribution in [0.25, 0.3) is 0 Å². The van der Waals surface area contributed by atoms with Crippen LogP contribution in [0.2, 0.25) is 0 Å². The Morgan fingerprint density at radius 3 is 2.68 bits per heavy atom. The van der Waals surface area contributed by atoms with Gasteiger partial charge in [0.05, 0.1) is 23.1 Å².